The number of halogens is 1. The summed E-state index contributed by atoms with van der Waals surface area (Å²) >= 11 is 3.23. The second-order valence-corrected chi connectivity index (χ2v) is 5.85. The van der Waals surface area contributed by atoms with Gasteiger partial charge in [0, 0.05) is 17.8 Å². The van der Waals surface area contributed by atoms with E-state index in [1.807, 2.05) is 0 Å². The highest BCUT2D eigenvalue weighted by Gasteiger charge is 2.24. The zero-order valence-corrected chi connectivity index (χ0v) is 12.5. The van der Waals surface area contributed by atoms with Crippen molar-refractivity contribution in [2.45, 2.75) is 44.9 Å². The van der Waals surface area contributed by atoms with E-state index in [1.165, 1.54) is 6.07 Å². The predicted octanol–water partition coefficient (Wildman–Crippen LogP) is 3.73. The van der Waals surface area contributed by atoms with Crippen molar-refractivity contribution in [3.63, 3.8) is 0 Å². The van der Waals surface area contributed by atoms with Crippen LogP contribution in [0.15, 0.2) is 22.7 Å². The lowest BCUT2D eigenvalue weighted by Gasteiger charge is -2.33. The van der Waals surface area contributed by atoms with Gasteiger partial charge in [0.2, 0.25) is 0 Å². The Kier molecular flexibility index (Phi) is 4.42. The highest BCUT2D eigenvalue weighted by molar-refractivity contribution is 9.10. The van der Waals surface area contributed by atoms with Gasteiger partial charge in [-0.25, -0.2) is 0 Å². The summed E-state index contributed by atoms with van der Waals surface area (Å²) < 4.78 is 6.19. The first kappa shape index (κ1) is 14.3. The zero-order chi connectivity index (χ0) is 14.0. The number of ether oxygens (including phenoxy) is 1. The fourth-order valence-electron chi connectivity index (χ4n) is 2.50. The molecule has 1 N–H and O–H groups in total. The minimum atomic E-state index is -0.396. The van der Waals surface area contributed by atoms with Gasteiger partial charge in [-0.05, 0) is 54.8 Å². The maximum Gasteiger partial charge on any atom is 0.283 e. The van der Waals surface area contributed by atoms with Crippen molar-refractivity contribution in [2.24, 2.45) is 0 Å². The summed E-state index contributed by atoms with van der Waals surface area (Å²) in [6.07, 6.45) is 2.36. The highest BCUT2D eigenvalue weighted by atomic mass is 79.9. The van der Waals surface area contributed by atoms with Crippen LogP contribution in [-0.4, -0.2) is 23.2 Å². The summed E-state index contributed by atoms with van der Waals surface area (Å²) in [5.41, 5.74) is 0.975. The molecule has 2 rings (SSSR count). The van der Waals surface area contributed by atoms with Crippen LogP contribution >= 0.6 is 15.9 Å². The molecule has 0 bridgehead atoms. The molecule has 104 valence electrons. The fraction of sp³-hybridized carbons (Fsp3) is 0.538. The van der Waals surface area contributed by atoms with E-state index in [-0.39, 0.29) is 17.9 Å². The average Bonchev–Trinajstić information content (AvgIpc) is 2.26. The van der Waals surface area contributed by atoms with Crippen molar-refractivity contribution in [2.75, 3.05) is 5.32 Å². The Morgan fingerprint density at radius 1 is 1.37 bits per heavy atom. The molecule has 0 saturated carbocycles. The molecule has 0 spiro atoms. The monoisotopic (exact) mass is 328 g/mol. The van der Waals surface area contributed by atoms with Gasteiger partial charge in [0.1, 0.15) is 0 Å². The van der Waals surface area contributed by atoms with Crippen LogP contribution < -0.4 is 5.32 Å². The van der Waals surface area contributed by atoms with Gasteiger partial charge >= 0.3 is 0 Å². The van der Waals surface area contributed by atoms with Crippen LogP contribution in [0.2, 0.25) is 0 Å². The van der Waals surface area contributed by atoms with E-state index in [9.17, 15) is 10.1 Å². The first-order chi connectivity index (χ1) is 8.95. The molecule has 6 heteroatoms. The van der Waals surface area contributed by atoms with E-state index < -0.39 is 4.92 Å². The lowest BCUT2D eigenvalue weighted by molar-refractivity contribution is -0.385. The maximum atomic E-state index is 10.7. The molecule has 5 nitrogen and oxygen atoms in total. The molecular weight excluding hydrogens is 312 g/mol. The summed E-state index contributed by atoms with van der Waals surface area (Å²) in [4.78, 5) is 10.4. The van der Waals surface area contributed by atoms with Crippen LogP contribution in [-0.2, 0) is 4.74 Å². The second kappa shape index (κ2) is 5.88. The Bertz CT molecular complexity index is 471. The molecule has 0 aromatic heterocycles. The molecule has 1 aliphatic rings. The van der Waals surface area contributed by atoms with Crippen molar-refractivity contribution in [3.8, 4) is 0 Å². The predicted molar refractivity (Wildman–Crippen MR) is 77.5 cm³/mol. The molecule has 1 saturated heterocycles. The molecule has 2 atom stereocenters. The number of benzene rings is 1. The lowest BCUT2D eigenvalue weighted by Crippen LogP contribution is -2.36. The third-order valence-electron chi connectivity index (χ3n) is 3.21. The van der Waals surface area contributed by atoms with Crippen molar-refractivity contribution in [1.29, 1.82) is 0 Å². The molecule has 0 amide bonds. The van der Waals surface area contributed by atoms with Crippen molar-refractivity contribution in [3.05, 3.63) is 32.8 Å². The van der Waals surface area contributed by atoms with Crippen LogP contribution in [0.3, 0.4) is 0 Å². The topological polar surface area (TPSA) is 64.4 Å². The summed E-state index contributed by atoms with van der Waals surface area (Å²) in [5, 5.41) is 14.2. The van der Waals surface area contributed by atoms with E-state index in [2.05, 4.69) is 35.1 Å². The Labute approximate surface area is 120 Å². The summed E-state index contributed by atoms with van der Waals surface area (Å²) in [5.74, 6) is 0. The van der Waals surface area contributed by atoms with Gasteiger partial charge in [0.05, 0.1) is 21.6 Å². The normalized spacial score (nSPS) is 27.0. The van der Waals surface area contributed by atoms with Gasteiger partial charge in [0.15, 0.2) is 0 Å². The van der Waals surface area contributed by atoms with Gasteiger partial charge in [0.25, 0.3) is 5.69 Å². The maximum absolute atomic E-state index is 10.7. The van der Waals surface area contributed by atoms with Crippen LogP contribution in [0.25, 0.3) is 0 Å². The van der Waals surface area contributed by atoms with E-state index in [0.29, 0.717) is 10.5 Å². The SMILES string of the molecule is CC1CC(Nc2ccc([N+](=O)[O-])c(Br)c2)CC(C)O1. The number of nitrogens with zero attached hydrogens (tertiary/aromatic N) is 1. The lowest BCUT2D eigenvalue weighted by atomic mass is 9.99. The fourth-order valence-corrected chi connectivity index (χ4v) is 3.03. The van der Waals surface area contributed by atoms with E-state index in [0.717, 1.165) is 18.5 Å². The Morgan fingerprint density at radius 3 is 2.53 bits per heavy atom. The third-order valence-corrected chi connectivity index (χ3v) is 3.85. The van der Waals surface area contributed by atoms with Crippen LogP contribution in [0.5, 0.6) is 0 Å². The van der Waals surface area contributed by atoms with Gasteiger partial charge in [-0.1, -0.05) is 0 Å². The Balaban J connectivity index is 2.07. The summed E-state index contributed by atoms with van der Waals surface area (Å²) in [6.45, 7) is 4.13. The average molecular weight is 329 g/mol. The molecule has 1 aliphatic heterocycles. The van der Waals surface area contributed by atoms with E-state index >= 15 is 0 Å². The molecule has 0 radical (unpaired) electrons. The molecule has 1 aromatic carbocycles. The quantitative estimate of drug-likeness (QED) is 0.678. The van der Waals surface area contributed by atoms with Gasteiger partial charge < -0.3 is 10.1 Å². The smallest absolute Gasteiger partial charge is 0.283 e. The number of rotatable bonds is 3. The molecule has 0 aliphatic carbocycles. The highest BCUT2D eigenvalue weighted by Crippen LogP contribution is 2.29. The summed E-state index contributed by atoms with van der Waals surface area (Å²) in [7, 11) is 0. The van der Waals surface area contributed by atoms with Gasteiger partial charge in [-0.2, -0.15) is 0 Å². The molecule has 1 fully saturated rings. The van der Waals surface area contributed by atoms with E-state index in [1.54, 1.807) is 12.1 Å². The third kappa shape index (κ3) is 3.67. The van der Waals surface area contributed by atoms with Gasteiger partial charge in [-0.3, -0.25) is 10.1 Å². The number of nitrogens with one attached hydrogen (secondary N) is 1. The number of nitro groups is 1. The number of hydrogen-bond acceptors (Lipinski definition) is 4. The number of anilines is 1. The standard InChI is InChI=1S/C13H17BrN2O3/c1-8-5-11(6-9(2)19-8)15-10-3-4-13(16(17)18)12(14)7-10/h3-4,7-9,11,15H,5-6H2,1-2H3. The van der Waals surface area contributed by atoms with Crippen LogP contribution in [0.4, 0.5) is 11.4 Å². The zero-order valence-electron chi connectivity index (χ0n) is 10.9. The van der Waals surface area contributed by atoms with Crippen LogP contribution in [0, 0.1) is 10.1 Å². The van der Waals surface area contributed by atoms with E-state index in [4.69, 9.17) is 4.74 Å². The second-order valence-electron chi connectivity index (χ2n) is 4.99. The first-order valence-electron chi connectivity index (χ1n) is 6.31. The summed E-state index contributed by atoms with van der Waals surface area (Å²) in [6, 6.07) is 5.35. The van der Waals surface area contributed by atoms with Crippen molar-refractivity contribution < 1.29 is 9.66 Å². The van der Waals surface area contributed by atoms with Crippen molar-refractivity contribution >= 4 is 27.3 Å². The minimum Gasteiger partial charge on any atom is -0.382 e. The number of nitro benzene ring substituents is 1. The molecule has 2 unspecified atom stereocenters. The number of hydrogen-bond donors (Lipinski definition) is 1. The molecule has 1 aromatic rings. The largest absolute Gasteiger partial charge is 0.382 e. The Hall–Kier alpha value is -1.14. The molecule has 1 heterocycles. The first-order valence-corrected chi connectivity index (χ1v) is 7.11. The molecular formula is C13H17BrN2O3. The van der Waals surface area contributed by atoms with Crippen LogP contribution in [0.1, 0.15) is 26.7 Å². The van der Waals surface area contributed by atoms with Crippen molar-refractivity contribution in [1.82, 2.24) is 0 Å². The minimum absolute atomic E-state index is 0.0827. The Morgan fingerprint density at radius 2 is 2.00 bits per heavy atom. The van der Waals surface area contributed by atoms with Gasteiger partial charge in [-0.15, -0.1) is 0 Å². The molecule has 19 heavy (non-hydrogen) atoms.